The molecule has 0 saturated carbocycles. The van der Waals surface area contributed by atoms with Crippen LogP contribution in [0.4, 0.5) is 0 Å². The summed E-state index contributed by atoms with van der Waals surface area (Å²) in [4.78, 5) is 0. The Morgan fingerprint density at radius 2 is 1.00 bits per heavy atom. The molecule has 10 N–H and O–H groups in total. The second-order valence-electron chi connectivity index (χ2n) is 0.475. The summed E-state index contributed by atoms with van der Waals surface area (Å²) in [5.41, 5.74) is 0. The zero-order chi connectivity index (χ0) is 4.50. The zero-order valence-electron chi connectivity index (χ0n) is 4.49. The molecule has 0 unspecified atom stereocenters. The molecular weight excluding hydrogens is 217 g/mol. The minimum absolute atomic E-state index is 0. The first kappa shape index (κ1) is 48.9. The van der Waals surface area contributed by atoms with Crippen LogP contribution in [-0.4, -0.2) is 34.9 Å². The summed E-state index contributed by atoms with van der Waals surface area (Å²) in [6.07, 6.45) is 0. The molecule has 0 aliphatic rings. The molecule has 0 aliphatic heterocycles. The summed E-state index contributed by atoms with van der Waals surface area (Å²) in [6, 6.07) is 0. The van der Waals surface area contributed by atoms with Gasteiger partial charge >= 0.3 is 0 Å². The maximum Gasteiger partial charge on any atom is 0.186 e. The third-order valence-corrected chi connectivity index (χ3v) is 0. The van der Waals surface area contributed by atoms with Gasteiger partial charge in [-0.05, 0) is 0 Å². The van der Waals surface area contributed by atoms with Crippen molar-refractivity contribution in [2.45, 2.75) is 0 Å². The molecule has 0 amide bonds. The van der Waals surface area contributed by atoms with Crippen molar-refractivity contribution in [2.75, 3.05) is 0 Å². The van der Waals surface area contributed by atoms with E-state index in [-0.39, 0.29) is 38.4 Å². The summed E-state index contributed by atoms with van der Waals surface area (Å²) in [5, 5.41) is 5.47. The van der Waals surface area contributed by atoms with Crippen LogP contribution < -0.4 is 0 Å². The molecule has 0 aromatic heterocycles. The fraction of sp³-hybridized carbons (Fsp3) is 0. The Kier molecular flexibility index (Phi) is 78.7. The molecule has 0 bridgehead atoms. The average molecular weight is 227 g/mol. The van der Waals surface area contributed by atoms with Gasteiger partial charge in [-0.1, -0.05) is 0 Å². The van der Waals surface area contributed by atoms with Crippen LogP contribution in [-0.2, 0) is 26.8 Å². The fourth-order valence-electron chi connectivity index (χ4n) is 0. The van der Waals surface area contributed by atoms with Crippen LogP contribution in [0, 0.1) is 0 Å². The monoisotopic (exact) mass is 226 g/mol. The van der Waals surface area contributed by atoms with E-state index in [1.165, 1.54) is 0 Å². The van der Waals surface area contributed by atoms with E-state index < -0.39 is 10.3 Å². The molecule has 0 spiro atoms. The van der Waals surface area contributed by atoms with Crippen molar-refractivity contribution >= 4 is 10.3 Å². The van der Waals surface area contributed by atoms with E-state index >= 15 is 0 Å². The quantitative estimate of drug-likeness (QED) is 0.330. The number of nitrogens with one attached hydrogen (secondary N) is 1. The first-order valence-electron chi connectivity index (χ1n) is 0.720. The molecule has 0 radical (unpaired) electrons. The summed E-state index contributed by atoms with van der Waals surface area (Å²) in [6.45, 7) is 0. The van der Waals surface area contributed by atoms with Crippen molar-refractivity contribution in [1.29, 1.82) is 0 Å². The second kappa shape index (κ2) is 16.1. The van der Waals surface area contributed by atoms with Crippen molar-refractivity contribution in [3.63, 3.8) is 0 Å². The molecule has 0 aromatic rings. The van der Waals surface area contributed by atoms with Crippen LogP contribution in [0.5, 0.6) is 0 Å². The van der Waals surface area contributed by atoms with E-state index in [9.17, 15) is 0 Å². The Labute approximate surface area is 67.4 Å². The van der Waals surface area contributed by atoms with Crippen molar-refractivity contribution in [2.24, 2.45) is 0 Å². The van der Waals surface area contributed by atoms with Gasteiger partial charge in [0, 0.05) is 16.5 Å². The van der Waals surface area contributed by atoms with Gasteiger partial charge in [0.25, 0.3) is 0 Å². The van der Waals surface area contributed by atoms with E-state index in [0.717, 1.165) is 0 Å². The van der Waals surface area contributed by atoms with E-state index in [4.69, 9.17) is 18.1 Å². The van der Waals surface area contributed by atoms with Gasteiger partial charge in [0.2, 0.25) is 0 Å². The number of hydrogen-bond acceptors (Lipinski definition) is 2. The zero-order valence-corrected chi connectivity index (χ0v) is 6.29. The van der Waals surface area contributed by atoms with Crippen LogP contribution >= 0.6 is 0 Å². The number of rotatable bonds is 0. The minimum atomic E-state index is -4.42. The van der Waals surface area contributed by atoms with Crippen LogP contribution in [0.25, 0.3) is 5.14 Å². The molecule has 0 saturated heterocycles. The van der Waals surface area contributed by atoms with Crippen LogP contribution in [0.2, 0.25) is 0 Å². The molecule has 10 heavy (non-hydrogen) atoms. The topological polar surface area (TPSA) is 204 Å². The SMILES string of the molecule is O.O.O.O.[NH-]S(=O)(=O)O.[Ni]. The molecular formula is H10NNiO7S-. The Morgan fingerprint density at radius 1 is 1.00 bits per heavy atom. The van der Waals surface area contributed by atoms with Gasteiger partial charge < -0.3 is 27.0 Å². The third kappa shape index (κ3) is 10300. The maximum absolute atomic E-state index is 8.85. The Bertz CT molecular complexity index is 96.8. The smallest absolute Gasteiger partial charge is 0.186 e. The molecule has 0 aliphatic carbocycles. The molecule has 10 heteroatoms. The second-order valence-corrected chi connectivity index (χ2v) is 1.43. The van der Waals surface area contributed by atoms with Gasteiger partial charge in [-0.3, -0.25) is 4.55 Å². The van der Waals surface area contributed by atoms with E-state index in [0.29, 0.717) is 0 Å². The largest absolute Gasteiger partial charge is 0.540 e. The van der Waals surface area contributed by atoms with Gasteiger partial charge in [0.1, 0.15) is 0 Å². The summed E-state index contributed by atoms with van der Waals surface area (Å²) in [7, 11) is -4.42. The molecule has 0 fully saturated rings. The Morgan fingerprint density at radius 3 is 1.00 bits per heavy atom. The van der Waals surface area contributed by atoms with Crippen LogP contribution in [0.15, 0.2) is 0 Å². The molecule has 0 rings (SSSR count). The average Bonchev–Trinajstić information content (AvgIpc) is 0.722. The van der Waals surface area contributed by atoms with Gasteiger partial charge in [0.15, 0.2) is 10.3 Å². The first-order chi connectivity index (χ1) is 2.00. The van der Waals surface area contributed by atoms with E-state index in [1.807, 2.05) is 0 Å². The molecule has 74 valence electrons. The van der Waals surface area contributed by atoms with Gasteiger partial charge in [-0.25, -0.2) is 8.42 Å². The van der Waals surface area contributed by atoms with Crippen LogP contribution in [0.1, 0.15) is 0 Å². The molecule has 0 aromatic carbocycles. The van der Waals surface area contributed by atoms with Crippen molar-refractivity contribution < 1.29 is 51.4 Å². The van der Waals surface area contributed by atoms with E-state index in [2.05, 4.69) is 0 Å². The Hall–Kier alpha value is 0.204. The van der Waals surface area contributed by atoms with Crippen molar-refractivity contribution in [1.82, 2.24) is 0 Å². The van der Waals surface area contributed by atoms with Crippen LogP contribution in [0.3, 0.4) is 0 Å². The summed E-state index contributed by atoms with van der Waals surface area (Å²) >= 11 is 0. The van der Waals surface area contributed by atoms with Gasteiger partial charge in [-0.2, -0.15) is 0 Å². The standard InChI is InChI=1S/H2NO3S.Ni.4H2O/c1-5(2,3)4;;;;;/h(H2-,1,2,3,4);;4*1H2/q-1;;;;;. The third-order valence-electron chi connectivity index (χ3n) is 0. The molecule has 8 nitrogen and oxygen atoms in total. The van der Waals surface area contributed by atoms with E-state index in [1.54, 1.807) is 0 Å². The predicted molar refractivity (Wildman–Crippen MR) is 30.3 cm³/mol. The van der Waals surface area contributed by atoms with Crippen molar-refractivity contribution in [3.8, 4) is 0 Å². The Balaban J connectivity index is -0.00000000800. The number of hydrogen-bond donors (Lipinski definition) is 1. The summed E-state index contributed by atoms with van der Waals surface area (Å²) < 4.78 is 24.9. The molecule has 0 heterocycles. The summed E-state index contributed by atoms with van der Waals surface area (Å²) in [5.74, 6) is 0. The molecule has 0 atom stereocenters. The fourth-order valence-corrected chi connectivity index (χ4v) is 0. The predicted octanol–water partition coefficient (Wildman–Crippen LogP) is -3.46. The van der Waals surface area contributed by atoms with Gasteiger partial charge in [-0.15, -0.1) is 0 Å². The van der Waals surface area contributed by atoms with Gasteiger partial charge in [0.05, 0.1) is 0 Å². The normalized spacial score (nSPS) is 5.80. The first-order valence-corrected chi connectivity index (χ1v) is 2.16. The van der Waals surface area contributed by atoms with Crippen molar-refractivity contribution in [3.05, 3.63) is 5.14 Å². The minimum Gasteiger partial charge on any atom is -0.540 e. The maximum atomic E-state index is 8.85.